The highest BCUT2D eigenvalue weighted by Gasteiger charge is 2.58. The Hall–Kier alpha value is -1.69. The number of nitro groups is 1. The third-order valence-corrected chi connectivity index (χ3v) is 3.11. The summed E-state index contributed by atoms with van der Waals surface area (Å²) in [7, 11) is 0. The van der Waals surface area contributed by atoms with Gasteiger partial charge in [-0.2, -0.15) is 0 Å². The molecule has 2 aliphatic rings. The first-order valence-electron chi connectivity index (χ1n) is 5.22. The van der Waals surface area contributed by atoms with Gasteiger partial charge in [-0.25, -0.2) is 4.39 Å². The van der Waals surface area contributed by atoms with Crippen LogP contribution in [0, 0.1) is 15.9 Å². The van der Waals surface area contributed by atoms with Crippen molar-refractivity contribution in [1.29, 1.82) is 0 Å². The number of nitro benzene ring substituents is 1. The van der Waals surface area contributed by atoms with Crippen molar-refractivity contribution in [2.24, 2.45) is 0 Å². The Morgan fingerprint density at radius 2 is 2.18 bits per heavy atom. The Labute approximate surface area is 96.3 Å². The maximum absolute atomic E-state index is 13.3. The fraction of sp³-hybridized carbons (Fsp3) is 0.455. The predicted octanol–water partition coefficient (Wildman–Crippen LogP) is 2.34. The fourth-order valence-corrected chi connectivity index (χ4v) is 2.26. The summed E-state index contributed by atoms with van der Waals surface area (Å²) in [6, 6.07) is 2.11. The summed E-state index contributed by atoms with van der Waals surface area (Å²) in [6.07, 6.45) is -0.445. The number of hydrogen-bond donors (Lipinski definition) is 0. The summed E-state index contributed by atoms with van der Waals surface area (Å²) in [5.74, 6) is -0.520. The highest BCUT2D eigenvalue weighted by Crippen LogP contribution is 2.56. The zero-order chi connectivity index (χ0) is 12.4. The molecule has 1 fully saturated rings. The zero-order valence-electron chi connectivity index (χ0n) is 9.27. The monoisotopic (exact) mass is 239 g/mol. The fourth-order valence-electron chi connectivity index (χ4n) is 2.26. The van der Waals surface area contributed by atoms with Crippen LogP contribution in [0.2, 0.25) is 0 Å². The maximum atomic E-state index is 13.3. The normalized spacial score (nSPS) is 27.7. The van der Waals surface area contributed by atoms with E-state index in [0.29, 0.717) is 5.56 Å². The summed E-state index contributed by atoms with van der Waals surface area (Å²) in [5.41, 5.74) is -0.539. The minimum absolute atomic E-state index is 0.125. The summed E-state index contributed by atoms with van der Waals surface area (Å²) < 4.78 is 24.3. The van der Waals surface area contributed by atoms with Crippen molar-refractivity contribution in [2.45, 2.75) is 31.7 Å². The molecule has 0 aliphatic carbocycles. The average molecular weight is 239 g/mol. The Bertz CT molecular complexity index is 528. The second-order valence-electron chi connectivity index (χ2n) is 4.78. The topological polar surface area (TPSA) is 64.9 Å². The van der Waals surface area contributed by atoms with Gasteiger partial charge in [0.05, 0.1) is 11.0 Å². The highest BCUT2D eigenvalue weighted by atomic mass is 19.1. The van der Waals surface area contributed by atoms with Gasteiger partial charge in [0.2, 0.25) is 5.75 Å². The van der Waals surface area contributed by atoms with Crippen LogP contribution >= 0.6 is 0 Å². The molecule has 0 unspecified atom stereocenters. The molecular weight excluding hydrogens is 229 g/mol. The minimum Gasteiger partial charge on any atom is -0.478 e. The van der Waals surface area contributed by atoms with E-state index < -0.39 is 16.3 Å². The standard InChI is InChI=1S/C11H10FNO4/c1-11(2)10-9(16-10)6-3-5(12)4-7(13(14)15)8(6)17-11/h3-4,9-10H,1-2H3/t9-,10-/m1/s1. The molecule has 1 saturated heterocycles. The summed E-state index contributed by atoms with van der Waals surface area (Å²) in [4.78, 5) is 10.2. The van der Waals surface area contributed by atoms with E-state index in [1.165, 1.54) is 6.07 Å². The first-order chi connectivity index (χ1) is 7.90. The van der Waals surface area contributed by atoms with E-state index in [9.17, 15) is 14.5 Å². The van der Waals surface area contributed by atoms with Crippen molar-refractivity contribution < 1.29 is 18.8 Å². The third kappa shape index (κ3) is 1.40. The number of hydrogen-bond acceptors (Lipinski definition) is 4. The molecule has 0 aromatic heterocycles. The summed E-state index contributed by atoms with van der Waals surface area (Å²) in [6.45, 7) is 3.60. The molecule has 0 radical (unpaired) electrons. The zero-order valence-corrected chi connectivity index (χ0v) is 9.27. The molecule has 2 aliphatic heterocycles. The van der Waals surface area contributed by atoms with Crippen LogP contribution in [-0.2, 0) is 4.74 Å². The van der Waals surface area contributed by atoms with Crippen molar-refractivity contribution in [2.75, 3.05) is 0 Å². The lowest BCUT2D eigenvalue weighted by molar-refractivity contribution is -0.386. The van der Waals surface area contributed by atoms with Gasteiger partial charge in [0.25, 0.3) is 0 Å². The van der Waals surface area contributed by atoms with Crippen LogP contribution in [-0.4, -0.2) is 16.6 Å². The van der Waals surface area contributed by atoms with Crippen LogP contribution in [0.3, 0.4) is 0 Å². The van der Waals surface area contributed by atoms with Crippen LogP contribution in [0.1, 0.15) is 25.5 Å². The van der Waals surface area contributed by atoms with Crippen molar-refractivity contribution in [3.8, 4) is 5.75 Å². The van der Waals surface area contributed by atoms with Gasteiger partial charge in [-0.15, -0.1) is 0 Å². The molecule has 17 heavy (non-hydrogen) atoms. The van der Waals surface area contributed by atoms with Gasteiger partial charge in [0, 0.05) is 5.56 Å². The van der Waals surface area contributed by atoms with Gasteiger partial charge in [-0.05, 0) is 19.9 Å². The van der Waals surface area contributed by atoms with Gasteiger partial charge >= 0.3 is 5.69 Å². The Morgan fingerprint density at radius 3 is 2.82 bits per heavy atom. The minimum atomic E-state index is -0.645. The quantitative estimate of drug-likeness (QED) is 0.428. The number of halogens is 1. The van der Waals surface area contributed by atoms with Gasteiger partial charge in [-0.3, -0.25) is 10.1 Å². The lowest BCUT2D eigenvalue weighted by Crippen LogP contribution is -2.38. The van der Waals surface area contributed by atoms with Crippen LogP contribution in [0.4, 0.5) is 10.1 Å². The number of epoxide rings is 1. The van der Waals surface area contributed by atoms with E-state index >= 15 is 0 Å². The number of benzene rings is 1. The molecule has 0 saturated carbocycles. The van der Waals surface area contributed by atoms with E-state index in [1.807, 2.05) is 0 Å². The van der Waals surface area contributed by atoms with E-state index in [0.717, 1.165) is 6.07 Å². The predicted molar refractivity (Wildman–Crippen MR) is 55.4 cm³/mol. The van der Waals surface area contributed by atoms with Gasteiger partial charge in [0.1, 0.15) is 23.6 Å². The SMILES string of the molecule is CC1(C)Oc2c(cc(F)cc2[N+](=O)[O-])[C@H]2O[C@H]21. The molecule has 5 nitrogen and oxygen atoms in total. The molecule has 0 spiro atoms. The molecule has 1 aromatic rings. The average Bonchev–Trinajstić information content (AvgIpc) is 2.98. The van der Waals surface area contributed by atoms with Crippen LogP contribution in [0.15, 0.2) is 12.1 Å². The van der Waals surface area contributed by atoms with Gasteiger partial charge < -0.3 is 9.47 Å². The molecule has 1 aromatic carbocycles. The molecular formula is C11H10FNO4. The largest absolute Gasteiger partial charge is 0.478 e. The Kier molecular flexibility index (Phi) is 1.82. The lowest BCUT2D eigenvalue weighted by atomic mass is 9.94. The van der Waals surface area contributed by atoms with Gasteiger partial charge in [0.15, 0.2) is 0 Å². The summed E-state index contributed by atoms with van der Waals surface area (Å²) >= 11 is 0. The lowest BCUT2D eigenvalue weighted by Gasteiger charge is -2.28. The maximum Gasteiger partial charge on any atom is 0.314 e. The molecule has 90 valence electrons. The van der Waals surface area contributed by atoms with E-state index in [4.69, 9.17) is 9.47 Å². The Balaban J connectivity index is 2.20. The van der Waals surface area contributed by atoms with Crippen LogP contribution in [0.5, 0.6) is 5.75 Å². The van der Waals surface area contributed by atoms with Crippen molar-refractivity contribution in [1.82, 2.24) is 0 Å². The second-order valence-corrected chi connectivity index (χ2v) is 4.78. The molecule has 0 N–H and O–H groups in total. The number of nitrogens with zero attached hydrogens (tertiary/aromatic N) is 1. The Morgan fingerprint density at radius 1 is 1.47 bits per heavy atom. The van der Waals surface area contributed by atoms with E-state index in [1.54, 1.807) is 13.8 Å². The number of ether oxygens (including phenoxy) is 2. The smallest absolute Gasteiger partial charge is 0.314 e. The van der Waals surface area contributed by atoms with E-state index in [-0.39, 0.29) is 23.6 Å². The molecule has 2 atom stereocenters. The molecule has 6 heteroatoms. The first kappa shape index (κ1) is 10.5. The molecule has 3 rings (SSSR count). The van der Waals surface area contributed by atoms with Crippen LogP contribution < -0.4 is 4.74 Å². The molecule has 0 bridgehead atoms. The molecule has 2 heterocycles. The second kappa shape index (κ2) is 2.95. The number of fused-ring (bicyclic) bond motifs is 3. The van der Waals surface area contributed by atoms with Crippen molar-refractivity contribution in [3.05, 3.63) is 33.6 Å². The third-order valence-electron chi connectivity index (χ3n) is 3.11. The molecule has 0 amide bonds. The number of rotatable bonds is 1. The van der Waals surface area contributed by atoms with Crippen molar-refractivity contribution >= 4 is 5.69 Å². The highest BCUT2D eigenvalue weighted by molar-refractivity contribution is 5.56. The first-order valence-corrected chi connectivity index (χ1v) is 5.22. The van der Waals surface area contributed by atoms with E-state index in [2.05, 4.69) is 0 Å². The van der Waals surface area contributed by atoms with Crippen LogP contribution in [0.25, 0.3) is 0 Å². The van der Waals surface area contributed by atoms with Crippen molar-refractivity contribution in [3.63, 3.8) is 0 Å². The summed E-state index contributed by atoms with van der Waals surface area (Å²) in [5, 5.41) is 10.9. The van der Waals surface area contributed by atoms with Gasteiger partial charge in [-0.1, -0.05) is 0 Å².